The van der Waals surface area contributed by atoms with Crippen LogP contribution < -0.4 is 4.89 Å². The lowest BCUT2D eigenvalue weighted by molar-refractivity contribution is -0.870. The highest BCUT2D eigenvalue weighted by molar-refractivity contribution is 7.45. The summed E-state index contributed by atoms with van der Waals surface area (Å²) in [6, 6.07) is 0. The molecule has 0 aromatic rings. The number of quaternary nitrogens is 1. The van der Waals surface area contributed by atoms with Gasteiger partial charge in [-0.2, -0.15) is 0 Å². The molecule has 0 fully saturated rings. The number of carbonyl (C=O) groups is 2. The maximum absolute atomic E-state index is 12.8. The molecule has 0 aromatic heterocycles. The summed E-state index contributed by atoms with van der Waals surface area (Å²) >= 11 is 0. The van der Waals surface area contributed by atoms with Crippen molar-refractivity contribution in [3.05, 3.63) is 0 Å². The van der Waals surface area contributed by atoms with Crippen molar-refractivity contribution in [2.45, 2.75) is 373 Å². The molecular formula is C67H134NO8P. The minimum absolute atomic E-state index is 0.0249. The van der Waals surface area contributed by atoms with Crippen LogP contribution in [0.5, 0.6) is 0 Å². The van der Waals surface area contributed by atoms with Crippen molar-refractivity contribution in [3.63, 3.8) is 0 Å². The fourth-order valence-electron chi connectivity index (χ4n) is 10.6. The second kappa shape index (κ2) is 59.6. The molecule has 0 aliphatic rings. The minimum Gasteiger partial charge on any atom is -0.756 e. The molecular weight excluding hydrogens is 978 g/mol. The van der Waals surface area contributed by atoms with Crippen LogP contribution in [-0.2, 0) is 32.7 Å². The van der Waals surface area contributed by atoms with Crippen LogP contribution in [-0.4, -0.2) is 70.0 Å². The van der Waals surface area contributed by atoms with Gasteiger partial charge in [-0.1, -0.05) is 341 Å². The van der Waals surface area contributed by atoms with E-state index in [1.54, 1.807) is 0 Å². The summed E-state index contributed by atoms with van der Waals surface area (Å²) in [7, 11) is 1.20. The van der Waals surface area contributed by atoms with E-state index >= 15 is 0 Å². The molecule has 0 aliphatic heterocycles. The Kier molecular flexibility index (Phi) is 58.9. The standard InChI is InChI=1S/C67H134NO8P/c1-6-8-10-12-14-16-18-20-22-24-26-28-29-30-31-32-33-34-35-36-37-38-40-42-44-46-48-50-52-54-56-58-60-67(70)76-65(64-75-77(71,72)74-62-61-68(3,4)5)63-73-66(69)59-57-55-53-51-49-47-45-43-41-39-27-25-23-21-19-17-15-13-11-9-7-2/h65H,6-64H2,1-5H3. The Morgan fingerprint density at radius 2 is 0.584 bits per heavy atom. The summed E-state index contributed by atoms with van der Waals surface area (Å²) in [5, 5.41) is 0. The van der Waals surface area contributed by atoms with Gasteiger partial charge in [0, 0.05) is 12.8 Å². The smallest absolute Gasteiger partial charge is 0.306 e. The Morgan fingerprint density at radius 1 is 0.351 bits per heavy atom. The van der Waals surface area contributed by atoms with E-state index in [0.717, 1.165) is 32.1 Å². The fraction of sp³-hybridized carbons (Fsp3) is 0.970. The number of nitrogens with zero attached hydrogens (tertiary/aromatic N) is 1. The van der Waals surface area contributed by atoms with E-state index < -0.39 is 26.5 Å². The highest BCUT2D eigenvalue weighted by Crippen LogP contribution is 2.38. The first-order chi connectivity index (χ1) is 37.5. The van der Waals surface area contributed by atoms with Gasteiger partial charge in [0.25, 0.3) is 7.82 Å². The summed E-state index contributed by atoms with van der Waals surface area (Å²) in [5.41, 5.74) is 0. The van der Waals surface area contributed by atoms with Gasteiger partial charge in [0.2, 0.25) is 0 Å². The van der Waals surface area contributed by atoms with E-state index in [4.69, 9.17) is 18.5 Å². The average molecular weight is 1110 g/mol. The van der Waals surface area contributed by atoms with Crippen LogP contribution in [0.3, 0.4) is 0 Å². The predicted molar refractivity (Wildman–Crippen MR) is 329 cm³/mol. The molecule has 2 unspecified atom stereocenters. The molecule has 0 N–H and O–H groups in total. The van der Waals surface area contributed by atoms with Crippen LogP contribution in [0.4, 0.5) is 0 Å². The van der Waals surface area contributed by atoms with Crippen LogP contribution in [0.1, 0.15) is 367 Å². The second-order valence-electron chi connectivity index (χ2n) is 24.9. The average Bonchev–Trinajstić information content (AvgIpc) is 3.39. The number of carbonyl (C=O) groups excluding carboxylic acids is 2. The minimum atomic E-state index is -4.63. The fourth-order valence-corrected chi connectivity index (χ4v) is 11.3. The molecule has 0 heterocycles. The topological polar surface area (TPSA) is 111 Å². The third-order valence-corrected chi connectivity index (χ3v) is 16.8. The SMILES string of the molecule is CCCCCCCCCCCCCCCCCCCCCCCCCCCCCCCCCCC(=O)OC(COC(=O)CCCCCCCCCCCCCCCCCCCCCCC)COP(=O)([O-])OCC[N+](C)(C)C. The van der Waals surface area contributed by atoms with Gasteiger partial charge in [-0.05, 0) is 12.8 Å². The van der Waals surface area contributed by atoms with Crippen LogP contribution in [0, 0.1) is 0 Å². The summed E-state index contributed by atoms with van der Waals surface area (Å²) < 4.78 is 34.3. The van der Waals surface area contributed by atoms with Crippen LogP contribution >= 0.6 is 7.82 Å². The summed E-state index contributed by atoms with van der Waals surface area (Å²) in [4.78, 5) is 38.0. The largest absolute Gasteiger partial charge is 0.756 e. The van der Waals surface area contributed by atoms with E-state index in [1.165, 1.54) is 302 Å². The highest BCUT2D eigenvalue weighted by Gasteiger charge is 2.22. The number of unbranched alkanes of at least 4 members (excludes halogenated alkanes) is 51. The Labute approximate surface area is 480 Å². The number of likely N-dealkylation sites (N-methyl/N-ethyl adjacent to an activating group) is 1. The number of phosphoric ester groups is 1. The van der Waals surface area contributed by atoms with E-state index in [1.807, 2.05) is 21.1 Å². The van der Waals surface area contributed by atoms with E-state index in [2.05, 4.69) is 13.8 Å². The molecule has 0 radical (unpaired) electrons. The number of ether oxygens (including phenoxy) is 2. The first kappa shape index (κ1) is 76.0. The molecule has 9 nitrogen and oxygen atoms in total. The maximum Gasteiger partial charge on any atom is 0.306 e. The summed E-state index contributed by atoms with van der Waals surface area (Å²) in [6.45, 7) is 4.33. The molecule has 2 atom stereocenters. The number of phosphoric acid groups is 1. The Morgan fingerprint density at radius 3 is 0.831 bits per heavy atom. The lowest BCUT2D eigenvalue weighted by atomic mass is 10.0. The third-order valence-electron chi connectivity index (χ3n) is 15.9. The summed E-state index contributed by atoms with van der Waals surface area (Å²) in [5.74, 6) is -0.805. The van der Waals surface area contributed by atoms with E-state index in [9.17, 15) is 19.0 Å². The Bertz CT molecular complexity index is 1260. The predicted octanol–water partition coefficient (Wildman–Crippen LogP) is 21.1. The lowest BCUT2D eigenvalue weighted by Gasteiger charge is -2.28. The molecule has 0 aromatic carbocycles. The van der Waals surface area contributed by atoms with Gasteiger partial charge in [-0.15, -0.1) is 0 Å². The van der Waals surface area contributed by atoms with Gasteiger partial charge < -0.3 is 27.9 Å². The van der Waals surface area contributed by atoms with Crippen molar-refractivity contribution >= 4 is 19.8 Å². The van der Waals surface area contributed by atoms with E-state index in [0.29, 0.717) is 17.4 Å². The second-order valence-corrected chi connectivity index (χ2v) is 26.3. The molecule has 0 aliphatic carbocycles. The zero-order chi connectivity index (χ0) is 56.3. The van der Waals surface area contributed by atoms with Gasteiger partial charge in [-0.25, -0.2) is 0 Å². The van der Waals surface area contributed by atoms with Gasteiger partial charge in [0.05, 0.1) is 27.7 Å². The molecule has 77 heavy (non-hydrogen) atoms. The molecule has 0 spiro atoms. The first-order valence-electron chi connectivity index (χ1n) is 34.2. The van der Waals surface area contributed by atoms with Crippen LogP contribution in [0.25, 0.3) is 0 Å². The van der Waals surface area contributed by atoms with Crippen molar-refractivity contribution in [1.29, 1.82) is 0 Å². The maximum atomic E-state index is 12.8. The third kappa shape index (κ3) is 64.1. The molecule has 0 rings (SSSR count). The van der Waals surface area contributed by atoms with Crippen molar-refractivity contribution in [1.82, 2.24) is 0 Å². The Hall–Kier alpha value is -0.990. The zero-order valence-electron chi connectivity index (χ0n) is 52.5. The zero-order valence-corrected chi connectivity index (χ0v) is 53.4. The monoisotopic (exact) mass is 1110 g/mol. The number of rotatable bonds is 65. The number of hydrogen-bond acceptors (Lipinski definition) is 8. The quantitative estimate of drug-likeness (QED) is 0.0256. The normalized spacial score (nSPS) is 13.1. The highest BCUT2D eigenvalue weighted by atomic mass is 31.2. The number of esters is 2. The number of hydrogen-bond donors (Lipinski definition) is 0. The van der Waals surface area contributed by atoms with Crippen LogP contribution in [0.15, 0.2) is 0 Å². The molecule has 0 saturated heterocycles. The van der Waals surface area contributed by atoms with Crippen molar-refractivity contribution in [2.75, 3.05) is 47.5 Å². The van der Waals surface area contributed by atoms with Gasteiger partial charge in [-0.3, -0.25) is 14.2 Å². The first-order valence-corrected chi connectivity index (χ1v) is 35.7. The van der Waals surface area contributed by atoms with Crippen molar-refractivity contribution in [3.8, 4) is 0 Å². The summed E-state index contributed by atoms with van der Waals surface area (Å²) in [6.07, 6.45) is 70.5. The Balaban J connectivity index is 3.96. The van der Waals surface area contributed by atoms with Crippen molar-refractivity contribution < 1.29 is 42.1 Å². The van der Waals surface area contributed by atoms with Gasteiger partial charge >= 0.3 is 11.9 Å². The van der Waals surface area contributed by atoms with Crippen LogP contribution in [0.2, 0.25) is 0 Å². The van der Waals surface area contributed by atoms with Gasteiger partial charge in [0.1, 0.15) is 19.8 Å². The van der Waals surface area contributed by atoms with Crippen molar-refractivity contribution in [2.24, 2.45) is 0 Å². The molecule has 10 heteroatoms. The molecule has 0 saturated carbocycles. The molecule has 0 bridgehead atoms. The molecule has 0 amide bonds. The molecule has 460 valence electrons. The lowest BCUT2D eigenvalue weighted by Crippen LogP contribution is -2.37. The van der Waals surface area contributed by atoms with E-state index in [-0.39, 0.29) is 32.0 Å². The van der Waals surface area contributed by atoms with Gasteiger partial charge in [0.15, 0.2) is 6.10 Å².